The van der Waals surface area contributed by atoms with Crippen LogP contribution in [0.15, 0.2) is 18.2 Å². The predicted octanol–water partition coefficient (Wildman–Crippen LogP) is 2.24. The van der Waals surface area contributed by atoms with E-state index < -0.39 is 4.92 Å². The van der Waals surface area contributed by atoms with E-state index in [0.29, 0.717) is 0 Å². The largest absolute Gasteiger partial charge is 0.395 e. The molecular formula is C13H15ClN2O4. The number of nitrogens with zero attached hydrogens (tertiary/aromatic N) is 2. The summed E-state index contributed by atoms with van der Waals surface area (Å²) in [5, 5.41) is 20.0. The Hall–Kier alpha value is -1.66. The van der Waals surface area contributed by atoms with Crippen LogP contribution in [-0.4, -0.2) is 40.0 Å². The van der Waals surface area contributed by atoms with Crippen LogP contribution >= 0.6 is 11.6 Å². The van der Waals surface area contributed by atoms with Crippen LogP contribution in [0, 0.1) is 10.1 Å². The molecule has 1 amide bonds. The molecule has 0 atom stereocenters. The Kier molecular flexibility index (Phi) is 4.57. The molecule has 7 heteroatoms. The summed E-state index contributed by atoms with van der Waals surface area (Å²) in [5.41, 5.74) is -0.0250. The molecule has 6 nitrogen and oxygen atoms in total. The quantitative estimate of drug-likeness (QED) is 0.667. The lowest BCUT2D eigenvalue weighted by atomic mass is 9.91. The molecule has 0 heterocycles. The second-order valence-corrected chi connectivity index (χ2v) is 5.20. The molecule has 1 aliphatic rings. The minimum Gasteiger partial charge on any atom is -0.395 e. The van der Waals surface area contributed by atoms with Crippen molar-refractivity contribution in [1.29, 1.82) is 0 Å². The first-order valence-electron chi connectivity index (χ1n) is 6.39. The van der Waals surface area contributed by atoms with E-state index in [4.69, 9.17) is 16.7 Å². The molecule has 20 heavy (non-hydrogen) atoms. The van der Waals surface area contributed by atoms with Gasteiger partial charge in [-0.1, -0.05) is 11.6 Å². The van der Waals surface area contributed by atoms with Crippen molar-refractivity contribution in [2.75, 3.05) is 13.2 Å². The summed E-state index contributed by atoms with van der Waals surface area (Å²) in [6, 6.07) is 3.95. The van der Waals surface area contributed by atoms with E-state index in [9.17, 15) is 14.9 Å². The number of aliphatic hydroxyl groups excluding tert-OH is 1. The number of nitro benzene ring substituents is 1. The number of benzene rings is 1. The third-order valence-corrected chi connectivity index (χ3v) is 3.68. The smallest absolute Gasteiger partial charge is 0.271 e. The number of rotatable bonds is 5. The third kappa shape index (κ3) is 3.08. The van der Waals surface area contributed by atoms with E-state index in [-0.39, 0.29) is 41.4 Å². The van der Waals surface area contributed by atoms with Crippen molar-refractivity contribution in [3.05, 3.63) is 38.9 Å². The summed E-state index contributed by atoms with van der Waals surface area (Å²) >= 11 is 5.82. The molecule has 0 radical (unpaired) electrons. The zero-order valence-electron chi connectivity index (χ0n) is 10.8. The van der Waals surface area contributed by atoms with E-state index >= 15 is 0 Å². The first-order valence-corrected chi connectivity index (χ1v) is 6.77. The lowest BCUT2D eigenvalue weighted by molar-refractivity contribution is -0.384. The fourth-order valence-electron chi connectivity index (χ4n) is 2.22. The van der Waals surface area contributed by atoms with Gasteiger partial charge in [-0.15, -0.1) is 0 Å². The topological polar surface area (TPSA) is 83.7 Å². The van der Waals surface area contributed by atoms with Crippen molar-refractivity contribution in [3.63, 3.8) is 0 Å². The summed E-state index contributed by atoms with van der Waals surface area (Å²) in [5.74, 6) is -0.325. The molecule has 2 rings (SSSR count). The van der Waals surface area contributed by atoms with Gasteiger partial charge in [0.15, 0.2) is 0 Å². The van der Waals surface area contributed by atoms with Crippen molar-refractivity contribution in [1.82, 2.24) is 4.90 Å². The highest BCUT2D eigenvalue weighted by molar-refractivity contribution is 6.31. The predicted molar refractivity (Wildman–Crippen MR) is 73.9 cm³/mol. The minimum atomic E-state index is -0.581. The molecule has 0 spiro atoms. The van der Waals surface area contributed by atoms with Gasteiger partial charge in [0.05, 0.1) is 11.5 Å². The average Bonchev–Trinajstić information content (AvgIpc) is 2.34. The van der Waals surface area contributed by atoms with Gasteiger partial charge < -0.3 is 10.0 Å². The molecule has 0 saturated heterocycles. The number of hydrogen-bond acceptors (Lipinski definition) is 4. The van der Waals surface area contributed by atoms with Crippen LogP contribution < -0.4 is 0 Å². The molecule has 1 N–H and O–H groups in total. The van der Waals surface area contributed by atoms with Gasteiger partial charge in [-0.2, -0.15) is 0 Å². The van der Waals surface area contributed by atoms with Gasteiger partial charge in [-0.25, -0.2) is 0 Å². The molecular weight excluding hydrogens is 284 g/mol. The zero-order chi connectivity index (χ0) is 14.7. The summed E-state index contributed by atoms with van der Waals surface area (Å²) in [6.07, 6.45) is 2.85. The van der Waals surface area contributed by atoms with Crippen LogP contribution in [0.4, 0.5) is 5.69 Å². The zero-order valence-corrected chi connectivity index (χ0v) is 11.5. The first kappa shape index (κ1) is 14.7. The lowest BCUT2D eigenvalue weighted by Gasteiger charge is -2.37. The number of non-ortho nitro benzene ring substituents is 1. The number of carbonyl (C=O) groups excluding carboxylic acids is 1. The Labute approximate surface area is 121 Å². The van der Waals surface area contributed by atoms with Crippen molar-refractivity contribution in [2.24, 2.45) is 0 Å². The number of carbonyl (C=O) groups is 1. The van der Waals surface area contributed by atoms with Gasteiger partial charge in [-0.3, -0.25) is 14.9 Å². The summed E-state index contributed by atoms with van der Waals surface area (Å²) in [6.45, 7) is 0.0920. The summed E-state index contributed by atoms with van der Waals surface area (Å²) in [7, 11) is 0. The molecule has 1 aromatic rings. The molecule has 1 aromatic carbocycles. The van der Waals surface area contributed by atoms with E-state index in [1.54, 1.807) is 4.90 Å². The van der Waals surface area contributed by atoms with E-state index in [1.165, 1.54) is 18.2 Å². The second kappa shape index (κ2) is 6.19. The number of nitro groups is 1. The molecule has 1 aliphatic carbocycles. The third-order valence-electron chi connectivity index (χ3n) is 3.46. The highest BCUT2D eigenvalue weighted by atomic mass is 35.5. The van der Waals surface area contributed by atoms with Crippen LogP contribution in [-0.2, 0) is 0 Å². The Morgan fingerprint density at radius 1 is 1.45 bits per heavy atom. The summed E-state index contributed by atoms with van der Waals surface area (Å²) in [4.78, 5) is 24.2. The fraction of sp³-hybridized carbons (Fsp3) is 0.462. The van der Waals surface area contributed by atoms with Crippen LogP contribution in [0.3, 0.4) is 0 Å². The minimum absolute atomic E-state index is 0.104. The van der Waals surface area contributed by atoms with Gasteiger partial charge in [0.2, 0.25) is 0 Å². The average molecular weight is 299 g/mol. The SMILES string of the molecule is O=C(c1cc(Cl)cc([N+](=O)[O-])c1)N(CCO)C1CCC1. The Morgan fingerprint density at radius 2 is 2.15 bits per heavy atom. The maximum absolute atomic E-state index is 12.4. The number of halogens is 1. The molecule has 0 bridgehead atoms. The van der Waals surface area contributed by atoms with Crippen LogP contribution in [0.1, 0.15) is 29.6 Å². The van der Waals surface area contributed by atoms with Gasteiger partial charge in [-0.05, 0) is 25.3 Å². The van der Waals surface area contributed by atoms with E-state index in [0.717, 1.165) is 19.3 Å². The molecule has 108 valence electrons. The van der Waals surface area contributed by atoms with Crippen LogP contribution in [0.2, 0.25) is 5.02 Å². The number of hydrogen-bond donors (Lipinski definition) is 1. The van der Waals surface area contributed by atoms with Crippen molar-refractivity contribution in [2.45, 2.75) is 25.3 Å². The van der Waals surface area contributed by atoms with E-state index in [1.807, 2.05) is 0 Å². The van der Waals surface area contributed by atoms with E-state index in [2.05, 4.69) is 0 Å². The van der Waals surface area contributed by atoms with Gasteiger partial charge in [0, 0.05) is 35.3 Å². The maximum Gasteiger partial charge on any atom is 0.271 e. The second-order valence-electron chi connectivity index (χ2n) is 4.76. The molecule has 0 aliphatic heterocycles. The molecule has 1 fully saturated rings. The van der Waals surface area contributed by atoms with Gasteiger partial charge >= 0.3 is 0 Å². The highest BCUT2D eigenvalue weighted by Crippen LogP contribution is 2.28. The fourth-order valence-corrected chi connectivity index (χ4v) is 2.45. The van der Waals surface area contributed by atoms with Crippen molar-refractivity contribution in [3.8, 4) is 0 Å². The molecule has 0 aromatic heterocycles. The van der Waals surface area contributed by atoms with Crippen molar-refractivity contribution < 1.29 is 14.8 Å². The normalized spacial score (nSPS) is 14.7. The van der Waals surface area contributed by atoms with Crippen LogP contribution in [0.5, 0.6) is 0 Å². The van der Waals surface area contributed by atoms with Crippen molar-refractivity contribution >= 4 is 23.2 Å². The monoisotopic (exact) mass is 298 g/mol. The Morgan fingerprint density at radius 3 is 2.65 bits per heavy atom. The Bertz CT molecular complexity index is 531. The Balaban J connectivity index is 2.28. The molecule has 0 unspecified atom stereocenters. The molecule has 1 saturated carbocycles. The number of aliphatic hydroxyl groups is 1. The first-order chi connectivity index (χ1) is 9.52. The van der Waals surface area contributed by atoms with Crippen LogP contribution in [0.25, 0.3) is 0 Å². The lowest BCUT2D eigenvalue weighted by Crippen LogP contribution is -2.45. The van der Waals surface area contributed by atoms with Gasteiger partial charge in [0.25, 0.3) is 11.6 Å². The standard InChI is InChI=1S/C13H15ClN2O4/c14-10-6-9(7-12(8-10)16(19)20)13(18)15(4-5-17)11-2-1-3-11/h6-8,11,17H,1-5H2. The number of amides is 1. The van der Waals surface area contributed by atoms with Gasteiger partial charge in [0.1, 0.15) is 0 Å². The summed E-state index contributed by atoms with van der Waals surface area (Å²) < 4.78 is 0. The highest BCUT2D eigenvalue weighted by Gasteiger charge is 2.29. The maximum atomic E-state index is 12.4.